The average Bonchev–Trinajstić information content (AvgIpc) is 3.35. The van der Waals surface area contributed by atoms with E-state index in [2.05, 4.69) is 41.5 Å². The molecule has 3 aromatic heterocycles. The monoisotopic (exact) mass is 496 g/mol. The molecule has 5 aromatic rings. The molecule has 0 unspecified atom stereocenters. The number of aromatic nitrogens is 5. The lowest BCUT2D eigenvalue weighted by atomic mass is 10.1. The molecule has 0 saturated carbocycles. The molecular weight excluding hydrogens is 484 g/mol. The topological polar surface area (TPSA) is 85.1 Å². The van der Waals surface area contributed by atoms with E-state index in [0.717, 1.165) is 25.9 Å². The molecule has 1 N–H and O–H groups in total. The van der Waals surface area contributed by atoms with Gasteiger partial charge in [-0.05, 0) is 36.4 Å². The Bertz CT molecular complexity index is 1330. The SMILES string of the molecule is O=C(CSc1nnc2ccc(-c3ccc(Br)cc3)nn12)Nc1nc2ccccc2s1. The minimum Gasteiger partial charge on any atom is -0.301 e. The van der Waals surface area contributed by atoms with Gasteiger partial charge in [-0.1, -0.05) is 63.3 Å². The van der Waals surface area contributed by atoms with E-state index in [0.29, 0.717) is 15.9 Å². The Morgan fingerprint density at radius 3 is 2.73 bits per heavy atom. The molecule has 1 amide bonds. The fourth-order valence-corrected chi connectivity index (χ4v) is 4.68. The summed E-state index contributed by atoms with van der Waals surface area (Å²) in [5.41, 5.74) is 3.29. The Morgan fingerprint density at radius 1 is 1.07 bits per heavy atom. The maximum atomic E-state index is 12.4. The van der Waals surface area contributed by atoms with Crippen LogP contribution >= 0.6 is 39.0 Å². The van der Waals surface area contributed by atoms with Gasteiger partial charge in [0.1, 0.15) is 0 Å². The van der Waals surface area contributed by atoms with Gasteiger partial charge in [0.05, 0.1) is 21.7 Å². The summed E-state index contributed by atoms with van der Waals surface area (Å²) < 4.78 is 3.70. The maximum absolute atomic E-state index is 12.4. The lowest BCUT2D eigenvalue weighted by Gasteiger charge is -2.04. The molecule has 30 heavy (non-hydrogen) atoms. The van der Waals surface area contributed by atoms with Crippen molar-refractivity contribution >= 4 is 65.9 Å². The minimum absolute atomic E-state index is 0.153. The zero-order valence-electron chi connectivity index (χ0n) is 15.3. The third kappa shape index (κ3) is 3.93. The predicted molar refractivity (Wildman–Crippen MR) is 123 cm³/mol. The Hall–Kier alpha value is -2.82. The number of hydrogen-bond donors (Lipinski definition) is 1. The van der Waals surface area contributed by atoms with E-state index >= 15 is 0 Å². The Kier molecular flexibility index (Phi) is 5.19. The largest absolute Gasteiger partial charge is 0.301 e. The van der Waals surface area contributed by atoms with Crippen molar-refractivity contribution < 1.29 is 4.79 Å². The first-order valence-electron chi connectivity index (χ1n) is 8.92. The first kappa shape index (κ1) is 19.2. The van der Waals surface area contributed by atoms with Crippen LogP contribution in [0.4, 0.5) is 5.13 Å². The number of thiazole rings is 1. The molecule has 0 bridgehead atoms. The van der Waals surface area contributed by atoms with Gasteiger partial charge in [0.2, 0.25) is 11.1 Å². The third-order valence-corrected chi connectivity index (χ3v) is 6.65. The molecule has 0 saturated heterocycles. The third-order valence-electron chi connectivity index (χ3n) is 4.25. The molecule has 0 aliphatic heterocycles. The zero-order valence-corrected chi connectivity index (χ0v) is 18.5. The summed E-state index contributed by atoms with van der Waals surface area (Å²) in [6.07, 6.45) is 0. The molecular formula is C20H13BrN6OS2. The van der Waals surface area contributed by atoms with Crippen LogP contribution in [0, 0.1) is 0 Å². The maximum Gasteiger partial charge on any atom is 0.236 e. The smallest absolute Gasteiger partial charge is 0.236 e. The van der Waals surface area contributed by atoms with E-state index < -0.39 is 0 Å². The summed E-state index contributed by atoms with van der Waals surface area (Å²) in [5.74, 6) is 0.0286. The summed E-state index contributed by atoms with van der Waals surface area (Å²) in [5, 5.41) is 16.9. The van der Waals surface area contributed by atoms with Gasteiger partial charge in [0, 0.05) is 10.0 Å². The number of carbonyl (C=O) groups excluding carboxylic acids is 1. The number of para-hydroxylation sites is 1. The van der Waals surface area contributed by atoms with Crippen LogP contribution in [0.5, 0.6) is 0 Å². The second-order valence-electron chi connectivity index (χ2n) is 6.30. The summed E-state index contributed by atoms with van der Waals surface area (Å²) in [6.45, 7) is 0. The number of carbonyl (C=O) groups is 1. The number of nitrogens with zero attached hydrogens (tertiary/aromatic N) is 5. The van der Waals surface area contributed by atoms with Crippen molar-refractivity contribution in [1.82, 2.24) is 24.8 Å². The van der Waals surface area contributed by atoms with Crippen molar-refractivity contribution in [3.63, 3.8) is 0 Å². The first-order chi connectivity index (χ1) is 14.7. The van der Waals surface area contributed by atoms with Crippen LogP contribution in [-0.4, -0.2) is 36.5 Å². The van der Waals surface area contributed by atoms with Crippen molar-refractivity contribution in [2.75, 3.05) is 11.1 Å². The summed E-state index contributed by atoms with van der Waals surface area (Å²) in [4.78, 5) is 16.8. The van der Waals surface area contributed by atoms with Gasteiger partial charge in [-0.3, -0.25) is 4.79 Å². The van der Waals surface area contributed by atoms with Gasteiger partial charge in [0.25, 0.3) is 0 Å². The quantitative estimate of drug-likeness (QED) is 0.348. The van der Waals surface area contributed by atoms with Crippen molar-refractivity contribution in [2.24, 2.45) is 0 Å². The minimum atomic E-state index is -0.153. The second kappa shape index (κ2) is 8.13. The highest BCUT2D eigenvalue weighted by molar-refractivity contribution is 9.10. The molecule has 0 radical (unpaired) electrons. The number of halogens is 1. The van der Waals surface area contributed by atoms with E-state index in [1.54, 1.807) is 4.52 Å². The van der Waals surface area contributed by atoms with Crippen LogP contribution in [0.3, 0.4) is 0 Å². The Balaban J connectivity index is 1.31. The van der Waals surface area contributed by atoms with Gasteiger partial charge in [0.15, 0.2) is 10.8 Å². The number of fused-ring (bicyclic) bond motifs is 2. The van der Waals surface area contributed by atoms with Crippen molar-refractivity contribution in [2.45, 2.75) is 5.16 Å². The molecule has 2 aromatic carbocycles. The van der Waals surface area contributed by atoms with Crippen LogP contribution in [0.2, 0.25) is 0 Å². The van der Waals surface area contributed by atoms with Gasteiger partial charge < -0.3 is 5.32 Å². The molecule has 0 aliphatic rings. The summed E-state index contributed by atoms with van der Waals surface area (Å²) in [6, 6.07) is 19.5. The van der Waals surface area contributed by atoms with Gasteiger partial charge in [-0.15, -0.1) is 10.2 Å². The van der Waals surface area contributed by atoms with Crippen LogP contribution in [0.1, 0.15) is 0 Å². The lowest BCUT2D eigenvalue weighted by molar-refractivity contribution is -0.113. The van der Waals surface area contributed by atoms with Gasteiger partial charge >= 0.3 is 0 Å². The molecule has 7 nitrogen and oxygen atoms in total. The number of anilines is 1. The number of amides is 1. The predicted octanol–water partition coefficient (Wildman–Crippen LogP) is 4.89. The molecule has 0 aliphatic carbocycles. The highest BCUT2D eigenvalue weighted by atomic mass is 79.9. The molecule has 5 rings (SSSR count). The molecule has 3 heterocycles. The summed E-state index contributed by atoms with van der Waals surface area (Å²) >= 11 is 6.17. The van der Waals surface area contributed by atoms with Crippen LogP contribution in [0.15, 0.2) is 70.3 Å². The van der Waals surface area contributed by atoms with E-state index in [9.17, 15) is 4.79 Å². The average molecular weight is 497 g/mol. The lowest BCUT2D eigenvalue weighted by Crippen LogP contribution is -2.14. The normalized spacial score (nSPS) is 11.2. The summed E-state index contributed by atoms with van der Waals surface area (Å²) in [7, 11) is 0. The Morgan fingerprint density at radius 2 is 1.90 bits per heavy atom. The molecule has 0 fully saturated rings. The number of hydrogen-bond acceptors (Lipinski definition) is 7. The standard InChI is InChI=1S/C20H13BrN6OS2/c21-13-7-5-12(6-8-13)14-9-10-17-24-25-20(27(17)26-14)29-11-18(28)23-19-22-15-3-1-2-4-16(15)30-19/h1-10H,11H2,(H,22,23,28). The highest BCUT2D eigenvalue weighted by Gasteiger charge is 2.13. The number of nitrogens with one attached hydrogen (secondary N) is 1. The van der Waals surface area contributed by atoms with E-state index in [1.165, 1.54) is 23.1 Å². The van der Waals surface area contributed by atoms with Crippen LogP contribution in [0.25, 0.3) is 27.1 Å². The number of rotatable bonds is 5. The zero-order chi connectivity index (χ0) is 20.5. The molecule has 0 spiro atoms. The molecule has 0 atom stereocenters. The number of benzene rings is 2. The number of thioether (sulfide) groups is 1. The van der Waals surface area contributed by atoms with Crippen molar-refractivity contribution in [3.8, 4) is 11.3 Å². The first-order valence-corrected chi connectivity index (χ1v) is 11.5. The fourth-order valence-electron chi connectivity index (χ4n) is 2.84. The highest BCUT2D eigenvalue weighted by Crippen LogP contribution is 2.26. The van der Waals surface area contributed by atoms with E-state index in [1.807, 2.05) is 60.7 Å². The second-order valence-corrected chi connectivity index (χ2v) is 9.19. The van der Waals surface area contributed by atoms with E-state index in [4.69, 9.17) is 0 Å². The van der Waals surface area contributed by atoms with Gasteiger partial charge in [-0.25, -0.2) is 4.98 Å². The van der Waals surface area contributed by atoms with Crippen molar-refractivity contribution in [1.29, 1.82) is 0 Å². The van der Waals surface area contributed by atoms with Crippen LogP contribution < -0.4 is 5.32 Å². The van der Waals surface area contributed by atoms with Gasteiger partial charge in [-0.2, -0.15) is 9.61 Å². The Labute approximate surface area is 187 Å². The fraction of sp³-hybridized carbons (Fsp3) is 0.0500. The van der Waals surface area contributed by atoms with Crippen LogP contribution in [-0.2, 0) is 4.79 Å². The molecule has 10 heteroatoms. The molecule has 148 valence electrons. The van der Waals surface area contributed by atoms with Crippen molar-refractivity contribution in [3.05, 3.63) is 65.1 Å². The van der Waals surface area contributed by atoms with E-state index in [-0.39, 0.29) is 11.7 Å².